The Morgan fingerprint density at radius 1 is 0.569 bits per heavy atom. The lowest BCUT2D eigenvalue weighted by molar-refractivity contribution is -0.127. The third kappa shape index (κ3) is 28.3. The summed E-state index contributed by atoms with van der Waals surface area (Å²) >= 11 is 0. The average molecular weight is 726 g/mol. The second-order valence-electron chi connectivity index (χ2n) is 18.3. The van der Waals surface area contributed by atoms with Gasteiger partial charge in [-0.3, -0.25) is 9.59 Å². The summed E-state index contributed by atoms with van der Waals surface area (Å²) in [5, 5.41) is 9.30. The van der Waals surface area contributed by atoms with E-state index in [0.717, 1.165) is 32.1 Å². The lowest BCUT2D eigenvalue weighted by atomic mass is 9.91. The molecule has 0 radical (unpaired) electrons. The van der Waals surface area contributed by atoms with E-state index >= 15 is 0 Å². The number of hydrogen-bond acceptors (Lipinski definition) is 6. The number of carbonyl (C=O) groups excluding carboxylic acids is 3. The molecular formula is C42H83N3O6. The van der Waals surface area contributed by atoms with Gasteiger partial charge in [0.15, 0.2) is 0 Å². The van der Waals surface area contributed by atoms with Crippen molar-refractivity contribution in [2.75, 3.05) is 19.8 Å². The molecule has 0 rings (SSSR count). The van der Waals surface area contributed by atoms with Crippen LogP contribution in [-0.2, 0) is 23.8 Å². The van der Waals surface area contributed by atoms with Gasteiger partial charge in [0.2, 0.25) is 11.8 Å². The summed E-state index contributed by atoms with van der Waals surface area (Å²) in [4.78, 5) is 38.2. The van der Waals surface area contributed by atoms with Crippen LogP contribution in [0.4, 0.5) is 4.79 Å². The third-order valence-electron chi connectivity index (χ3n) is 9.43. The number of amides is 3. The molecule has 9 heteroatoms. The number of alkyl carbamates (subject to hydrolysis) is 1. The first-order chi connectivity index (χ1) is 23.5. The van der Waals surface area contributed by atoms with Gasteiger partial charge < -0.3 is 30.2 Å². The first-order valence-electron chi connectivity index (χ1n) is 20.4. The molecule has 0 aliphatic rings. The molecule has 1 atom stereocenters. The van der Waals surface area contributed by atoms with Crippen molar-refractivity contribution in [3.8, 4) is 0 Å². The minimum absolute atomic E-state index is 0.0107. The molecule has 0 aromatic rings. The third-order valence-corrected chi connectivity index (χ3v) is 9.43. The molecule has 0 bridgehead atoms. The van der Waals surface area contributed by atoms with Crippen LogP contribution in [0.1, 0.15) is 199 Å². The van der Waals surface area contributed by atoms with Crippen molar-refractivity contribution in [3.63, 3.8) is 0 Å². The minimum Gasteiger partial charge on any atom is -0.444 e. The van der Waals surface area contributed by atoms with E-state index in [2.05, 4.69) is 43.6 Å². The molecule has 3 amide bonds. The number of unbranched alkanes of at least 4 members (excludes halogenated alkanes) is 8. The maximum absolute atomic E-state index is 13.4. The van der Waals surface area contributed by atoms with Crippen LogP contribution in [0.2, 0.25) is 0 Å². The van der Waals surface area contributed by atoms with Crippen LogP contribution < -0.4 is 16.0 Å². The molecule has 1 unspecified atom stereocenters. The van der Waals surface area contributed by atoms with Crippen LogP contribution in [0.15, 0.2) is 0 Å². The van der Waals surface area contributed by atoms with Crippen molar-refractivity contribution < 1.29 is 28.6 Å². The molecule has 3 N–H and O–H groups in total. The second kappa shape index (κ2) is 24.4. The highest BCUT2D eigenvalue weighted by Crippen LogP contribution is 2.23. The number of rotatable bonds is 29. The molecule has 0 heterocycles. The van der Waals surface area contributed by atoms with Crippen LogP contribution in [0.5, 0.6) is 0 Å². The summed E-state index contributed by atoms with van der Waals surface area (Å²) in [6, 6.07) is 0. The van der Waals surface area contributed by atoms with Gasteiger partial charge in [-0.1, -0.05) is 78.1 Å². The van der Waals surface area contributed by atoms with E-state index < -0.39 is 28.4 Å². The molecule has 302 valence electrons. The van der Waals surface area contributed by atoms with E-state index in [1.54, 1.807) is 0 Å². The predicted molar refractivity (Wildman–Crippen MR) is 212 cm³/mol. The van der Waals surface area contributed by atoms with Gasteiger partial charge in [-0.05, 0) is 115 Å². The normalized spacial score (nSPS) is 13.5. The van der Waals surface area contributed by atoms with Crippen molar-refractivity contribution in [2.24, 2.45) is 5.92 Å². The average Bonchev–Trinajstić information content (AvgIpc) is 2.96. The molecule has 0 aromatic carbocycles. The molecule has 0 aromatic heterocycles. The lowest BCUT2D eigenvalue weighted by Crippen LogP contribution is -2.47. The van der Waals surface area contributed by atoms with Gasteiger partial charge >= 0.3 is 6.09 Å². The second-order valence-corrected chi connectivity index (χ2v) is 18.3. The van der Waals surface area contributed by atoms with E-state index in [1.807, 2.05) is 62.3 Å². The minimum atomic E-state index is -0.552. The van der Waals surface area contributed by atoms with Crippen molar-refractivity contribution in [3.05, 3.63) is 0 Å². The summed E-state index contributed by atoms with van der Waals surface area (Å²) in [5.41, 5.74) is -2.28. The predicted octanol–water partition coefficient (Wildman–Crippen LogP) is 10.2. The molecule has 0 saturated carbocycles. The Kier molecular flexibility index (Phi) is 23.5. The van der Waals surface area contributed by atoms with Gasteiger partial charge in [0.05, 0.1) is 11.2 Å². The first-order valence-corrected chi connectivity index (χ1v) is 20.4. The number of carbonyl (C=O) groups is 3. The zero-order valence-electron chi connectivity index (χ0n) is 35.7. The van der Waals surface area contributed by atoms with Crippen molar-refractivity contribution in [1.82, 2.24) is 16.0 Å². The Morgan fingerprint density at radius 3 is 1.53 bits per heavy atom. The fraction of sp³-hybridized carbons (Fsp3) is 0.929. The summed E-state index contributed by atoms with van der Waals surface area (Å²) in [7, 11) is 0. The number of ether oxygens (including phenoxy) is 3. The molecular weight excluding hydrogens is 642 g/mol. The summed E-state index contributed by atoms with van der Waals surface area (Å²) in [6.07, 6.45) is 16.7. The molecule has 0 fully saturated rings. The fourth-order valence-corrected chi connectivity index (χ4v) is 5.85. The van der Waals surface area contributed by atoms with Crippen LogP contribution in [0, 0.1) is 5.92 Å². The van der Waals surface area contributed by atoms with E-state index in [0.29, 0.717) is 45.4 Å². The van der Waals surface area contributed by atoms with Crippen LogP contribution in [-0.4, -0.2) is 65.5 Å². The van der Waals surface area contributed by atoms with Gasteiger partial charge in [-0.25, -0.2) is 4.79 Å². The molecule has 51 heavy (non-hydrogen) atoms. The van der Waals surface area contributed by atoms with E-state index in [4.69, 9.17) is 14.2 Å². The maximum atomic E-state index is 13.4. The Morgan fingerprint density at radius 2 is 1.02 bits per heavy atom. The highest BCUT2D eigenvalue weighted by Gasteiger charge is 2.28. The largest absolute Gasteiger partial charge is 0.444 e. The molecule has 0 aliphatic carbocycles. The molecule has 0 spiro atoms. The van der Waals surface area contributed by atoms with Crippen molar-refractivity contribution in [1.29, 1.82) is 0 Å². The van der Waals surface area contributed by atoms with Gasteiger partial charge in [-0.2, -0.15) is 0 Å². The van der Waals surface area contributed by atoms with Crippen molar-refractivity contribution in [2.45, 2.75) is 227 Å². The zero-order valence-corrected chi connectivity index (χ0v) is 35.7. The van der Waals surface area contributed by atoms with Crippen LogP contribution in [0.25, 0.3) is 0 Å². The summed E-state index contributed by atoms with van der Waals surface area (Å²) in [5.74, 6) is 0.272. The highest BCUT2D eigenvalue weighted by molar-refractivity contribution is 5.79. The number of nitrogens with one attached hydrogen (secondary N) is 3. The summed E-state index contributed by atoms with van der Waals surface area (Å²) < 4.78 is 17.7. The number of hydrogen-bond donors (Lipinski definition) is 3. The zero-order chi connectivity index (χ0) is 39.2. The highest BCUT2D eigenvalue weighted by atomic mass is 16.6. The lowest BCUT2D eigenvalue weighted by Gasteiger charge is -2.32. The fourth-order valence-electron chi connectivity index (χ4n) is 5.85. The Balaban J connectivity index is 4.57. The van der Waals surface area contributed by atoms with E-state index in [-0.39, 0.29) is 23.3 Å². The SMILES string of the molecule is CCCCCCCCC(CCCCCC)C(=O)NC(C)(C)CCOC(C)(C)CCNC(=O)CCC(C)(C)OCCC(C)(C)NC(=O)OC(C)(C)C. The van der Waals surface area contributed by atoms with Crippen LogP contribution in [0.3, 0.4) is 0 Å². The quantitative estimate of drug-likeness (QED) is 0.0662. The first kappa shape index (κ1) is 49.1. The standard InChI is InChI=1S/C42H83N3O6/c1-14-16-18-20-21-23-25-34(24-22-19-17-15-2)36(47)44-39(6,7)29-32-50-42(12,13)28-31-43-35(46)26-27-41(10,11)49-33-30-40(8,9)45-37(48)51-38(3,4)5/h34H,14-33H2,1-13H3,(H,43,46)(H,44,47)(H,45,48). The molecule has 0 saturated heterocycles. The monoisotopic (exact) mass is 726 g/mol. The molecule has 9 nitrogen and oxygen atoms in total. The van der Waals surface area contributed by atoms with Gasteiger partial charge in [0.25, 0.3) is 0 Å². The van der Waals surface area contributed by atoms with E-state index in [1.165, 1.54) is 51.4 Å². The van der Waals surface area contributed by atoms with Gasteiger partial charge in [0, 0.05) is 43.2 Å². The van der Waals surface area contributed by atoms with Gasteiger partial charge in [-0.15, -0.1) is 0 Å². The van der Waals surface area contributed by atoms with E-state index in [9.17, 15) is 14.4 Å². The maximum Gasteiger partial charge on any atom is 0.408 e. The Bertz CT molecular complexity index is 970. The Hall–Kier alpha value is -1.87. The van der Waals surface area contributed by atoms with Gasteiger partial charge in [0.1, 0.15) is 5.60 Å². The topological polar surface area (TPSA) is 115 Å². The smallest absolute Gasteiger partial charge is 0.408 e. The van der Waals surface area contributed by atoms with Crippen molar-refractivity contribution >= 4 is 17.9 Å². The molecule has 0 aliphatic heterocycles. The summed E-state index contributed by atoms with van der Waals surface area (Å²) in [6.45, 7) is 27.6. The Labute approximate surface area is 314 Å². The van der Waals surface area contributed by atoms with Crippen LogP contribution >= 0.6 is 0 Å².